The van der Waals surface area contributed by atoms with Gasteiger partial charge in [0.15, 0.2) is 11.5 Å². The number of hydrogen-bond acceptors (Lipinski definition) is 4. The highest BCUT2D eigenvalue weighted by Crippen LogP contribution is 2.35. The first-order valence-corrected chi connectivity index (χ1v) is 6.85. The Morgan fingerprint density at radius 2 is 1.76 bits per heavy atom. The Labute approximate surface area is 123 Å². The predicted octanol–water partition coefficient (Wildman–Crippen LogP) is 3.76. The van der Waals surface area contributed by atoms with Crippen LogP contribution < -0.4 is 14.2 Å². The average molecular weight is 284 g/mol. The number of rotatable bonds is 3. The maximum absolute atomic E-state index is 12.1. The standard InChI is InChI=1S/C17H16O4/c1-11(2)12-3-5-13(6-4-12)17(18)21-14-7-8-15-16(9-14)20-10-19-15/h3-9,11H,10H2,1-2H3. The summed E-state index contributed by atoms with van der Waals surface area (Å²) in [4.78, 5) is 12.1. The molecule has 0 aromatic heterocycles. The van der Waals surface area contributed by atoms with Crippen LogP contribution in [0.2, 0.25) is 0 Å². The minimum absolute atomic E-state index is 0.198. The molecule has 0 unspecified atom stereocenters. The molecular formula is C17H16O4. The van der Waals surface area contributed by atoms with Crippen LogP contribution in [0.4, 0.5) is 0 Å². The average Bonchev–Trinajstić information content (AvgIpc) is 2.95. The summed E-state index contributed by atoms with van der Waals surface area (Å²) in [7, 11) is 0. The van der Waals surface area contributed by atoms with Crippen molar-refractivity contribution in [2.75, 3.05) is 6.79 Å². The van der Waals surface area contributed by atoms with Gasteiger partial charge >= 0.3 is 5.97 Å². The van der Waals surface area contributed by atoms with E-state index in [-0.39, 0.29) is 12.8 Å². The summed E-state index contributed by atoms with van der Waals surface area (Å²) in [5.74, 6) is 1.75. The molecule has 2 aromatic carbocycles. The van der Waals surface area contributed by atoms with Crippen molar-refractivity contribution in [2.45, 2.75) is 19.8 Å². The first-order chi connectivity index (χ1) is 10.1. The van der Waals surface area contributed by atoms with Gasteiger partial charge in [0.1, 0.15) is 5.75 Å². The van der Waals surface area contributed by atoms with Crippen molar-refractivity contribution in [1.82, 2.24) is 0 Å². The number of carbonyl (C=O) groups excluding carboxylic acids is 1. The maximum Gasteiger partial charge on any atom is 0.343 e. The summed E-state index contributed by atoms with van der Waals surface area (Å²) in [6.45, 7) is 4.42. The zero-order chi connectivity index (χ0) is 14.8. The van der Waals surface area contributed by atoms with Crippen molar-refractivity contribution in [3.05, 3.63) is 53.6 Å². The lowest BCUT2D eigenvalue weighted by atomic mass is 10.0. The van der Waals surface area contributed by atoms with Crippen LogP contribution in [0.3, 0.4) is 0 Å². The van der Waals surface area contributed by atoms with Crippen molar-refractivity contribution < 1.29 is 19.0 Å². The van der Waals surface area contributed by atoms with Gasteiger partial charge in [-0.15, -0.1) is 0 Å². The summed E-state index contributed by atoms with van der Waals surface area (Å²) in [6.07, 6.45) is 0. The summed E-state index contributed by atoms with van der Waals surface area (Å²) in [6, 6.07) is 12.5. The lowest BCUT2D eigenvalue weighted by molar-refractivity contribution is 0.0734. The van der Waals surface area contributed by atoms with Gasteiger partial charge in [0.05, 0.1) is 5.56 Å². The number of esters is 1. The predicted molar refractivity (Wildman–Crippen MR) is 78.1 cm³/mol. The van der Waals surface area contributed by atoms with Crippen molar-refractivity contribution in [2.24, 2.45) is 0 Å². The van der Waals surface area contributed by atoms with Gasteiger partial charge in [-0.05, 0) is 35.7 Å². The number of fused-ring (bicyclic) bond motifs is 1. The third kappa shape index (κ3) is 2.84. The molecule has 1 aliphatic heterocycles. The third-order valence-electron chi connectivity index (χ3n) is 3.37. The van der Waals surface area contributed by atoms with Crippen molar-refractivity contribution in [3.63, 3.8) is 0 Å². The van der Waals surface area contributed by atoms with E-state index in [0.29, 0.717) is 28.7 Å². The highest BCUT2D eigenvalue weighted by Gasteiger charge is 2.16. The van der Waals surface area contributed by atoms with Crippen LogP contribution >= 0.6 is 0 Å². The fourth-order valence-electron chi connectivity index (χ4n) is 2.11. The smallest absolute Gasteiger partial charge is 0.343 e. The second-order valence-electron chi connectivity index (χ2n) is 5.18. The summed E-state index contributed by atoms with van der Waals surface area (Å²) in [5.41, 5.74) is 1.71. The molecule has 0 saturated heterocycles. The Bertz CT molecular complexity index is 659. The molecule has 0 aliphatic carbocycles. The molecule has 0 amide bonds. The summed E-state index contributed by atoms with van der Waals surface area (Å²) >= 11 is 0. The van der Waals surface area contributed by atoms with Gasteiger partial charge in [0.25, 0.3) is 0 Å². The quantitative estimate of drug-likeness (QED) is 0.636. The number of benzene rings is 2. The van der Waals surface area contributed by atoms with E-state index in [2.05, 4.69) is 13.8 Å². The topological polar surface area (TPSA) is 44.8 Å². The summed E-state index contributed by atoms with van der Waals surface area (Å²) < 4.78 is 15.8. The Morgan fingerprint density at radius 3 is 2.48 bits per heavy atom. The number of hydrogen-bond donors (Lipinski definition) is 0. The van der Waals surface area contributed by atoms with E-state index >= 15 is 0 Å². The van der Waals surface area contributed by atoms with Gasteiger partial charge in [-0.2, -0.15) is 0 Å². The van der Waals surface area contributed by atoms with Crippen molar-refractivity contribution >= 4 is 5.97 Å². The minimum Gasteiger partial charge on any atom is -0.454 e. The molecule has 0 saturated carbocycles. The van der Waals surface area contributed by atoms with Crippen LogP contribution in [0.25, 0.3) is 0 Å². The Morgan fingerprint density at radius 1 is 1.05 bits per heavy atom. The molecule has 0 spiro atoms. The third-order valence-corrected chi connectivity index (χ3v) is 3.37. The second-order valence-corrected chi connectivity index (χ2v) is 5.18. The molecule has 21 heavy (non-hydrogen) atoms. The molecule has 1 heterocycles. The fourth-order valence-corrected chi connectivity index (χ4v) is 2.11. The van der Waals surface area contributed by atoms with E-state index in [0.717, 1.165) is 0 Å². The van der Waals surface area contributed by atoms with E-state index in [4.69, 9.17) is 14.2 Å². The SMILES string of the molecule is CC(C)c1ccc(C(=O)Oc2ccc3c(c2)OCO3)cc1. The maximum atomic E-state index is 12.1. The minimum atomic E-state index is -0.385. The normalized spacial score (nSPS) is 12.5. The number of ether oxygens (including phenoxy) is 3. The molecule has 4 nitrogen and oxygen atoms in total. The van der Waals surface area contributed by atoms with E-state index in [1.165, 1.54) is 5.56 Å². The fraction of sp³-hybridized carbons (Fsp3) is 0.235. The van der Waals surface area contributed by atoms with Gasteiger partial charge < -0.3 is 14.2 Å². The van der Waals surface area contributed by atoms with E-state index in [1.807, 2.05) is 12.1 Å². The monoisotopic (exact) mass is 284 g/mol. The zero-order valence-corrected chi connectivity index (χ0v) is 12.0. The van der Waals surface area contributed by atoms with Crippen LogP contribution in [0.1, 0.15) is 35.7 Å². The van der Waals surface area contributed by atoms with Crippen LogP contribution in [-0.4, -0.2) is 12.8 Å². The van der Waals surface area contributed by atoms with Gasteiger partial charge in [0.2, 0.25) is 6.79 Å². The van der Waals surface area contributed by atoms with Crippen LogP contribution in [0, 0.1) is 0 Å². The van der Waals surface area contributed by atoms with Gasteiger partial charge in [-0.1, -0.05) is 26.0 Å². The molecule has 108 valence electrons. The van der Waals surface area contributed by atoms with E-state index in [9.17, 15) is 4.79 Å². The molecule has 1 aliphatic rings. The molecule has 0 atom stereocenters. The van der Waals surface area contributed by atoms with Crippen molar-refractivity contribution in [3.8, 4) is 17.2 Å². The van der Waals surface area contributed by atoms with Gasteiger partial charge in [0, 0.05) is 6.07 Å². The lowest BCUT2D eigenvalue weighted by Gasteiger charge is -2.07. The molecule has 3 rings (SSSR count). The molecule has 0 radical (unpaired) electrons. The Kier molecular flexibility index (Phi) is 3.52. The molecule has 0 fully saturated rings. The highest BCUT2D eigenvalue weighted by atomic mass is 16.7. The van der Waals surface area contributed by atoms with Gasteiger partial charge in [-0.25, -0.2) is 4.79 Å². The molecule has 0 N–H and O–H groups in total. The Balaban J connectivity index is 1.74. The highest BCUT2D eigenvalue weighted by molar-refractivity contribution is 5.91. The largest absolute Gasteiger partial charge is 0.454 e. The van der Waals surface area contributed by atoms with Crippen LogP contribution in [-0.2, 0) is 0 Å². The van der Waals surface area contributed by atoms with Crippen LogP contribution in [0.15, 0.2) is 42.5 Å². The first kappa shape index (κ1) is 13.5. The zero-order valence-electron chi connectivity index (χ0n) is 12.0. The van der Waals surface area contributed by atoms with E-state index < -0.39 is 0 Å². The molecule has 4 heteroatoms. The van der Waals surface area contributed by atoms with Crippen LogP contribution in [0.5, 0.6) is 17.2 Å². The Hall–Kier alpha value is -2.49. The summed E-state index contributed by atoms with van der Waals surface area (Å²) in [5, 5.41) is 0. The molecule has 0 bridgehead atoms. The second kappa shape index (κ2) is 5.48. The van der Waals surface area contributed by atoms with Gasteiger partial charge in [-0.3, -0.25) is 0 Å². The molecular weight excluding hydrogens is 268 g/mol. The molecule has 2 aromatic rings. The van der Waals surface area contributed by atoms with E-state index in [1.54, 1.807) is 30.3 Å². The lowest BCUT2D eigenvalue weighted by Crippen LogP contribution is -2.08. The number of carbonyl (C=O) groups is 1. The van der Waals surface area contributed by atoms with Crippen molar-refractivity contribution in [1.29, 1.82) is 0 Å². The first-order valence-electron chi connectivity index (χ1n) is 6.85.